The maximum absolute atomic E-state index is 15.4. The molecule has 0 saturated carbocycles. The summed E-state index contributed by atoms with van der Waals surface area (Å²) in [6.45, 7) is 3.61. The molecule has 1 aliphatic rings. The first-order valence-electron chi connectivity index (χ1n) is 22.1. The summed E-state index contributed by atoms with van der Waals surface area (Å²) < 4.78 is 188. The van der Waals surface area contributed by atoms with Crippen molar-refractivity contribution in [3.63, 3.8) is 0 Å². The van der Waals surface area contributed by atoms with Crippen molar-refractivity contribution in [2.45, 2.75) is 95.5 Å². The number of nitrogens with one attached hydrogen (secondary N) is 1. The molecule has 16 nitrogen and oxygen atoms in total. The van der Waals surface area contributed by atoms with Crippen LogP contribution < -0.4 is 9.62 Å². The van der Waals surface area contributed by atoms with E-state index in [1.165, 1.54) is 32.2 Å². The Balaban J connectivity index is 0.00000514. The topological polar surface area (TPSA) is 202 Å². The number of aromatic nitrogens is 5. The molecular formula is C45H48ClF10N8O8PS2. The summed E-state index contributed by atoms with van der Waals surface area (Å²) in [4.78, 5) is 51.6. The molecule has 75 heavy (non-hydrogen) atoms. The summed E-state index contributed by atoms with van der Waals surface area (Å²) in [6.07, 6.45) is -9.73. The molecule has 30 heteroatoms. The van der Waals surface area contributed by atoms with Gasteiger partial charge in [-0.15, -0.1) is 0 Å². The Labute approximate surface area is 432 Å². The molecule has 5 aromatic rings. The molecule has 3 amide bonds. The van der Waals surface area contributed by atoms with Gasteiger partial charge in [0.05, 0.1) is 34.3 Å². The second-order valence-corrected chi connectivity index (χ2v) is 22.0. The standard InChI is InChI=1S/C43H42ClF10N8O8PS2.C2H6/c1-22-19-41(47,48)37-32(22)36(43(52,53)54)57-60(37)20-31(63)56-30(17-23-15-24(45)18-25(46)16-23)34-27(8-7-26(55-34)11-12-40(2,3)72(5)68)28-9-10-29(44)33-35(28)61(21-42(49,50)51)58-38(33)62(73(6)69)39(64)59(4)13-14-70-71(65,66)67;1-2/h7-10,15-16,18,22,30H,13-14,17,19-21H2,1-6H3,(H,56,63)(H2,65,66,67);1-2H3/t22-,30?,72?,73?;/m0./s1. The SMILES string of the molecule is CC.C[C@H]1CC(F)(F)c2c1c(C(F)(F)F)nn2CC(=O)NC(Cc1cc(F)cc(F)c1)c1nc(C#CC(C)(C)S(C)=O)ccc1-c1ccc(Cl)c2c(N(C(=O)N(C)CCOP(=O)(O)O)S(C)=O)nn(CC(F)(F)F)c12. The predicted octanol–water partition coefficient (Wildman–Crippen LogP) is 9.30. The van der Waals surface area contributed by atoms with Crippen LogP contribution in [-0.4, -0.2) is 103 Å². The number of hydrogen-bond acceptors (Lipinski definition) is 9. The molecule has 0 saturated heterocycles. The number of carbonyl (C=O) groups excluding carboxylic acids is 2. The molecule has 0 spiro atoms. The number of carbonyl (C=O) groups is 2. The van der Waals surface area contributed by atoms with E-state index in [9.17, 15) is 57.7 Å². The van der Waals surface area contributed by atoms with Crippen LogP contribution in [0, 0.1) is 23.5 Å². The van der Waals surface area contributed by atoms with Crippen LogP contribution in [0.1, 0.15) is 86.9 Å². The molecule has 0 radical (unpaired) electrons. The van der Waals surface area contributed by atoms with Crippen LogP contribution in [0.3, 0.4) is 0 Å². The lowest BCUT2D eigenvalue weighted by molar-refractivity contribution is -0.143. The molecule has 1 aliphatic carbocycles. The number of halogens is 11. The minimum atomic E-state index is -5.23. The molecule has 6 rings (SSSR count). The molecule has 3 unspecified atom stereocenters. The van der Waals surface area contributed by atoms with Gasteiger partial charge in [-0.25, -0.2) is 27.3 Å². The number of hydrogen-bond donors (Lipinski definition) is 3. The Morgan fingerprint density at radius 1 is 1.00 bits per heavy atom. The second-order valence-electron chi connectivity index (χ2n) is 17.2. The Bertz CT molecular complexity index is 3140. The van der Waals surface area contributed by atoms with Crippen molar-refractivity contribution in [1.29, 1.82) is 0 Å². The number of fused-ring (bicyclic) bond motifs is 2. The third-order valence-corrected chi connectivity index (χ3v) is 14.4. The Morgan fingerprint density at radius 2 is 1.61 bits per heavy atom. The number of likely N-dealkylation sites (N-methyl/N-ethyl adjacent to an activating group) is 1. The number of phosphoric acid groups is 1. The summed E-state index contributed by atoms with van der Waals surface area (Å²) in [5, 5.41) is 9.03. The average molecular weight is 1150 g/mol. The monoisotopic (exact) mass is 1150 g/mol. The Hall–Kier alpha value is -5.43. The van der Waals surface area contributed by atoms with Crippen LogP contribution in [0.4, 0.5) is 54.5 Å². The van der Waals surface area contributed by atoms with Gasteiger partial charge in [-0.1, -0.05) is 44.4 Å². The predicted molar refractivity (Wildman–Crippen MR) is 258 cm³/mol. The smallest absolute Gasteiger partial charge is 0.346 e. The molecular weight excluding hydrogens is 1100 g/mol. The summed E-state index contributed by atoms with van der Waals surface area (Å²) in [6, 6.07) is 3.96. The van der Waals surface area contributed by atoms with Crippen molar-refractivity contribution in [2.24, 2.45) is 0 Å². The molecule has 410 valence electrons. The fourth-order valence-electron chi connectivity index (χ4n) is 7.89. The van der Waals surface area contributed by atoms with Crippen molar-refractivity contribution < 1.29 is 80.8 Å². The van der Waals surface area contributed by atoms with E-state index in [1.807, 2.05) is 13.8 Å². The number of rotatable bonds is 15. The minimum absolute atomic E-state index is 0.172. The first-order valence-corrected chi connectivity index (χ1v) is 27.1. The number of benzene rings is 2. The molecule has 0 aliphatic heterocycles. The fraction of sp³-hybridized carbons (Fsp3) is 0.444. The van der Waals surface area contributed by atoms with E-state index >= 15 is 8.78 Å². The lowest BCUT2D eigenvalue weighted by Crippen LogP contribution is -2.43. The van der Waals surface area contributed by atoms with E-state index in [2.05, 4.69) is 36.9 Å². The van der Waals surface area contributed by atoms with Gasteiger partial charge in [-0.2, -0.15) is 49.6 Å². The van der Waals surface area contributed by atoms with E-state index in [4.69, 9.17) is 21.4 Å². The van der Waals surface area contributed by atoms with Gasteiger partial charge in [0.15, 0.2) is 11.5 Å². The van der Waals surface area contributed by atoms with Gasteiger partial charge >= 0.3 is 26.2 Å². The van der Waals surface area contributed by atoms with Crippen LogP contribution in [-0.2, 0) is 67.3 Å². The first kappa shape index (κ1) is 60.4. The van der Waals surface area contributed by atoms with Crippen LogP contribution in [0.5, 0.6) is 0 Å². The zero-order chi connectivity index (χ0) is 56.5. The van der Waals surface area contributed by atoms with Crippen LogP contribution in [0.2, 0.25) is 5.02 Å². The zero-order valence-electron chi connectivity index (χ0n) is 40.8. The quantitative estimate of drug-likeness (QED) is 0.0512. The van der Waals surface area contributed by atoms with Gasteiger partial charge in [0.2, 0.25) is 5.91 Å². The van der Waals surface area contributed by atoms with Crippen LogP contribution in [0.25, 0.3) is 22.0 Å². The van der Waals surface area contributed by atoms with Gasteiger partial charge in [-0.3, -0.25) is 22.9 Å². The number of alkyl halides is 8. The molecule has 0 fully saturated rings. The van der Waals surface area contributed by atoms with Gasteiger partial charge in [-0.05, 0) is 68.0 Å². The average Bonchev–Trinajstić information content (AvgIpc) is 3.92. The first-order chi connectivity index (χ1) is 34.6. The third kappa shape index (κ3) is 14.3. The number of phosphoric ester groups is 1. The lowest BCUT2D eigenvalue weighted by atomic mass is 9.93. The van der Waals surface area contributed by atoms with Gasteiger partial charge in [0.1, 0.15) is 51.8 Å². The van der Waals surface area contributed by atoms with Crippen molar-refractivity contribution in [1.82, 2.24) is 34.8 Å². The normalized spacial score (nSPS) is 15.8. The highest BCUT2D eigenvalue weighted by Gasteiger charge is 2.53. The number of amides is 3. The number of urea groups is 1. The third-order valence-electron chi connectivity index (χ3n) is 11.2. The van der Waals surface area contributed by atoms with E-state index in [-0.39, 0.29) is 37.8 Å². The Morgan fingerprint density at radius 3 is 2.17 bits per heavy atom. The molecule has 2 aromatic carbocycles. The lowest BCUT2D eigenvalue weighted by Gasteiger charge is -2.25. The van der Waals surface area contributed by atoms with Crippen LogP contribution in [0.15, 0.2) is 42.5 Å². The number of anilines is 1. The van der Waals surface area contributed by atoms with Crippen LogP contribution >= 0.6 is 19.4 Å². The van der Waals surface area contributed by atoms with Gasteiger partial charge in [0.25, 0.3) is 5.92 Å². The highest BCUT2D eigenvalue weighted by atomic mass is 35.5. The van der Waals surface area contributed by atoms with Crippen molar-refractivity contribution in [3.05, 3.63) is 93.0 Å². The maximum atomic E-state index is 15.4. The number of nitrogens with zero attached hydrogens (tertiary/aromatic N) is 7. The molecule has 3 N–H and O–H groups in total. The molecule has 3 aromatic heterocycles. The van der Waals surface area contributed by atoms with E-state index < -0.39 is 161 Å². The zero-order valence-corrected chi connectivity index (χ0v) is 44.1. The number of pyridine rings is 1. The van der Waals surface area contributed by atoms with Gasteiger partial charge in [0, 0.05) is 66.1 Å². The maximum Gasteiger partial charge on any atom is 0.469 e. The molecule has 3 heterocycles. The van der Waals surface area contributed by atoms with Crippen molar-refractivity contribution >= 4 is 69.9 Å². The molecule has 0 bridgehead atoms. The van der Waals surface area contributed by atoms with E-state index in [0.29, 0.717) is 15.1 Å². The fourth-order valence-corrected chi connectivity index (χ4v) is 9.37. The Kier molecular flexibility index (Phi) is 18.6. The summed E-state index contributed by atoms with van der Waals surface area (Å²) in [5.74, 6) is -4.03. The highest BCUT2D eigenvalue weighted by Crippen LogP contribution is 2.52. The van der Waals surface area contributed by atoms with Crippen molar-refractivity contribution in [2.75, 3.05) is 37.0 Å². The second kappa shape index (κ2) is 23.0. The largest absolute Gasteiger partial charge is 0.469 e. The summed E-state index contributed by atoms with van der Waals surface area (Å²) in [7, 11) is -8.03. The van der Waals surface area contributed by atoms with E-state index in [0.717, 1.165) is 49.4 Å². The summed E-state index contributed by atoms with van der Waals surface area (Å²) >= 11 is 6.68. The van der Waals surface area contributed by atoms with Crippen molar-refractivity contribution in [3.8, 4) is 23.0 Å². The molecule has 4 atom stereocenters. The van der Waals surface area contributed by atoms with E-state index in [1.54, 1.807) is 0 Å². The summed E-state index contributed by atoms with van der Waals surface area (Å²) in [5.41, 5.74) is -5.50. The van der Waals surface area contributed by atoms with Gasteiger partial charge < -0.3 is 20.0 Å². The minimum Gasteiger partial charge on any atom is -0.346 e. The highest BCUT2D eigenvalue weighted by molar-refractivity contribution is 7.86.